The maximum atomic E-state index is 13.7. The number of nitro groups is 1. The van der Waals surface area contributed by atoms with Crippen LogP contribution in [0.5, 0.6) is 0 Å². The van der Waals surface area contributed by atoms with E-state index < -0.39 is 10.8 Å². The summed E-state index contributed by atoms with van der Waals surface area (Å²) >= 11 is 0. The van der Waals surface area contributed by atoms with E-state index in [1.165, 1.54) is 12.1 Å². The number of carbonyl (C=O) groups excluding carboxylic acids is 2. The molecule has 1 aliphatic carbocycles. The van der Waals surface area contributed by atoms with E-state index in [1.54, 1.807) is 12.1 Å². The molecule has 0 unspecified atom stereocenters. The number of non-ortho nitro benzene ring substituents is 1. The first-order chi connectivity index (χ1) is 18.1. The molecule has 7 heteroatoms. The Morgan fingerprint density at radius 1 is 0.974 bits per heavy atom. The number of allylic oxidation sites excluding steroid dienone is 2. The number of aromatic nitrogens is 1. The van der Waals surface area contributed by atoms with Gasteiger partial charge in [0.25, 0.3) is 5.69 Å². The Balaban J connectivity index is 1.51. The molecule has 0 amide bonds. The Morgan fingerprint density at radius 3 is 2.29 bits per heavy atom. The number of nitrogens with zero attached hydrogens (tertiary/aromatic N) is 3. The smallest absolute Gasteiger partial charge is 0.270 e. The highest BCUT2D eigenvalue weighted by molar-refractivity contribution is 6.44. The highest BCUT2D eigenvalue weighted by Gasteiger charge is 2.50. The summed E-state index contributed by atoms with van der Waals surface area (Å²) in [5.41, 5.74) is 5.57. The number of carbonyl (C=O) groups is 2. The normalized spacial score (nSPS) is 18.1. The lowest BCUT2D eigenvalue weighted by Gasteiger charge is -2.27. The number of hydrogen-bond acceptors (Lipinski definition) is 4. The standard InChI is InChI=1S/C31H26N3O4/c1-31(2)22-12-8-9-13-24(22)32(3)25(31)17-21-29(35)27(30(21)36)26-20-16-19(34(37)38)14-15-23(20)33(4)28(26)18-10-6-5-7-11-18/h5-17,27H,1-4H3/q+1. The largest absolute Gasteiger partial charge is 0.343 e. The summed E-state index contributed by atoms with van der Waals surface area (Å²) in [5.74, 6) is -1.54. The molecule has 6 rings (SSSR count). The molecule has 7 nitrogen and oxygen atoms in total. The number of Topliss-reactive ketones (excluding diaryl/α,β-unsaturated/α-hetero) is 2. The fourth-order valence-corrected chi connectivity index (χ4v) is 6.09. The molecule has 0 N–H and O–H groups in total. The van der Waals surface area contributed by atoms with Crippen LogP contribution in [0.25, 0.3) is 22.2 Å². The van der Waals surface area contributed by atoms with Crippen molar-refractivity contribution in [3.05, 3.63) is 106 Å². The Kier molecular flexibility index (Phi) is 5.11. The van der Waals surface area contributed by atoms with Crippen molar-refractivity contribution in [2.24, 2.45) is 7.05 Å². The van der Waals surface area contributed by atoms with Gasteiger partial charge in [0.1, 0.15) is 13.0 Å². The monoisotopic (exact) mass is 504 g/mol. The molecular formula is C31H26N3O4+. The lowest BCUT2D eigenvalue weighted by atomic mass is 9.70. The molecule has 2 aliphatic rings. The van der Waals surface area contributed by atoms with Gasteiger partial charge in [0, 0.05) is 53.4 Å². The highest BCUT2D eigenvalue weighted by Crippen LogP contribution is 2.46. The van der Waals surface area contributed by atoms with Crippen molar-refractivity contribution in [2.45, 2.75) is 25.2 Å². The molecular weight excluding hydrogens is 478 g/mol. The van der Waals surface area contributed by atoms with Crippen molar-refractivity contribution in [2.75, 3.05) is 7.05 Å². The summed E-state index contributed by atoms with van der Waals surface area (Å²) in [6, 6.07) is 22.2. The summed E-state index contributed by atoms with van der Waals surface area (Å²) in [6.07, 6.45) is 1.73. The second kappa shape index (κ2) is 8.18. The molecule has 2 heterocycles. The van der Waals surface area contributed by atoms with E-state index in [-0.39, 0.29) is 28.2 Å². The average Bonchev–Trinajstić information content (AvgIpc) is 3.30. The zero-order valence-corrected chi connectivity index (χ0v) is 21.6. The number of ketones is 2. The van der Waals surface area contributed by atoms with Gasteiger partial charge in [-0.2, -0.15) is 4.58 Å². The van der Waals surface area contributed by atoms with Crippen LogP contribution in [0.3, 0.4) is 0 Å². The molecule has 4 aromatic rings. The molecule has 1 fully saturated rings. The Labute approximate surface area is 219 Å². The topological polar surface area (TPSA) is 85.2 Å². The lowest BCUT2D eigenvalue weighted by Crippen LogP contribution is -2.40. The lowest BCUT2D eigenvalue weighted by molar-refractivity contribution is -0.401. The zero-order valence-electron chi connectivity index (χ0n) is 21.6. The van der Waals surface area contributed by atoms with Crippen LogP contribution < -0.4 is 0 Å². The molecule has 1 aliphatic heterocycles. The molecule has 0 saturated heterocycles. The zero-order chi connectivity index (χ0) is 26.9. The molecule has 1 aromatic heterocycles. The van der Waals surface area contributed by atoms with Crippen molar-refractivity contribution < 1.29 is 19.1 Å². The quantitative estimate of drug-likeness (QED) is 0.0901. The average molecular weight is 505 g/mol. The van der Waals surface area contributed by atoms with Crippen molar-refractivity contribution >= 4 is 39.6 Å². The van der Waals surface area contributed by atoms with E-state index >= 15 is 0 Å². The van der Waals surface area contributed by atoms with Gasteiger partial charge in [-0.05, 0) is 25.5 Å². The summed E-state index contributed by atoms with van der Waals surface area (Å²) in [7, 11) is 3.80. The van der Waals surface area contributed by atoms with E-state index in [4.69, 9.17) is 0 Å². The second-order valence-electron chi connectivity index (χ2n) is 10.5. The molecule has 0 spiro atoms. The minimum absolute atomic E-state index is 0.0819. The van der Waals surface area contributed by atoms with Crippen LogP contribution in [0.4, 0.5) is 11.4 Å². The molecule has 0 bridgehead atoms. The second-order valence-corrected chi connectivity index (χ2v) is 10.5. The van der Waals surface area contributed by atoms with Crippen molar-refractivity contribution in [3.63, 3.8) is 0 Å². The number of benzene rings is 3. The van der Waals surface area contributed by atoms with E-state index in [0.717, 1.165) is 28.0 Å². The van der Waals surface area contributed by atoms with Gasteiger partial charge in [-0.15, -0.1) is 0 Å². The SMILES string of the molecule is Cn1c(-c2ccccc2)c(C2C(=O)C(=CC3=[N+](C)c4ccccc4C3(C)C)C2=O)c2cc([N+](=O)[O-])ccc21. The summed E-state index contributed by atoms with van der Waals surface area (Å²) in [4.78, 5) is 38.6. The summed E-state index contributed by atoms with van der Waals surface area (Å²) in [5, 5.41) is 12.1. The van der Waals surface area contributed by atoms with E-state index in [0.29, 0.717) is 16.6 Å². The number of hydrogen-bond donors (Lipinski definition) is 0. The summed E-state index contributed by atoms with van der Waals surface area (Å²) in [6.45, 7) is 4.17. The van der Waals surface area contributed by atoms with Crippen LogP contribution in [0.2, 0.25) is 0 Å². The summed E-state index contributed by atoms with van der Waals surface area (Å²) < 4.78 is 3.94. The molecule has 38 heavy (non-hydrogen) atoms. The third kappa shape index (κ3) is 3.18. The first-order valence-electron chi connectivity index (χ1n) is 12.5. The molecule has 0 atom stereocenters. The van der Waals surface area contributed by atoms with Crippen LogP contribution >= 0.6 is 0 Å². The molecule has 3 aromatic carbocycles. The highest BCUT2D eigenvalue weighted by atomic mass is 16.6. The Morgan fingerprint density at radius 2 is 1.63 bits per heavy atom. The van der Waals surface area contributed by atoms with Crippen molar-refractivity contribution in [1.82, 2.24) is 4.57 Å². The predicted octanol–water partition coefficient (Wildman–Crippen LogP) is 5.62. The number of rotatable bonds is 4. The van der Waals surface area contributed by atoms with E-state index in [1.807, 2.05) is 71.8 Å². The number of para-hydroxylation sites is 1. The number of aryl methyl sites for hydroxylation is 1. The van der Waals surface area contributed by atoms with Gasteiger partial charge in [0.2, 0.25) is 5.69 Å². The fraction of sp³-hybridized carbons (Fsp3) is 0.194. The van der Waals surface area contributed by atoms with Gasteiger partial charge in [0.15, 0.2) is 17.3 Å². The van der Waals surface area contributed by atoms with Crippen LogP contribution in [0, 0.1) is 10.1 Å². The van der Waals surface area contributed by atoms with E-state index in [9.17, 15) is 19.7 Å². The Bertz CT molecular complexity index is 1760. The first kappa shape index (κ1) is 23.7. The molecule has 188 valence electrons. The number of fused-ring (bicyclic) bond motifs is 2. The maximum absolute atomic E-state index is 13.7. The minimum Gasteiger partial charge on any atom is -0.343 e. The van der Waals surface area contributed by atoms with E-state index in [2.05, 4.69) is 19.9 Å². The van der Waals surface area contributed by atoms with Gasteiger partial charge in [-0.25, -0.2) is 0 Å². The predicted molar refractivity (Wildman–Crippen MR) is 146 cm³/mol. The molecule has 0 radical (unpaired) electrons. The van der Waals surface area contributed by atoms with Crippen LogP contribution in [-0.2, 0) is 22.1 Å². The van der Waals surface area contributed by atoms with Crippen LogP contribution in [0.15, 0.2) is 84.4 Å². The van der Waals surface area contributed by atoms with Crippen LogP contribution in [-0.4, -0.2) is 38.4 Å². The van der Waals surface area contributed by atoms with Gasteiger partial charge in [-0.3, -0.25) is 19.7 Å². The maximum Gasteiger partial charge on any atom is 0.270 e. The van der Waals surface area contributed by atoms with Crippen LogP contribution in [0.1, 0.15) is 30.9 Å². The minimum atomic E-state index is -1.01. The van der Waals surface area contributed by atoms with Gasteiger partial charge >= 0.3 is 0 Å². The van der Waals surface area contributed by atoms with Crippen molar-refractivity contribution in [3.8, 4) is 11.3 Å². The van der Waals surface area contributed by atoms with Crippen molar-refractivity contribution in [1.29, 1.82) is 0 Å². The fourth-order valence-electron chi connectivity index (χ4n) is 6.09. The first-order valence-corrected chi connectivity index (χ1v) is 12.5. The third-order valence-corrected chi connectivity index (χ3v) is 8.05. The van der Waals surface area contributed by atoms with Gasteiger partial charge in [-0.1, -0.05) is 48.5 Å². The third-order valence-electron chi connectivity index (χ3n) is 8.05. The van der Waals surface area contributed by atoms with Gasteiger partial charge < -0.3 is 4.57 Å². The Hall–Kier alpha value is -4.65. The number of nitro benzene ring substituents is 1. The molecule has 1 saturated carbocycles. The van der Waals surface area contributed by atoms with Gasteiger partial charge in [0.05, 0.1) is 21.6 Å².